The van der Waals surface area contributed by atoms with E-state index >= 15 is 0 Å². The molecule has 1 N–H and O–H groups in total. The molecule has 0 radical (unpaired) electrons. The smallest absolute Gasteiger partial charge is 0.329 e. The summed E-state index contributed by atoms with van der Waals surface area (Å²) in [6.07, 6.45) is 0.133. The van der Waals surface area contributed by atoms with E-state index in [1.165, 1.54) is 4.90 Å². The van der Waals surface area contributed by atoms with Crippen molar-refractivity contribution < 1.29 is 22.8 Å². The van der Waals surface area contributed by atoms with E-state index in [4.69, 9.17) is 0 Å². The Kier molecular flexibility index (Phi) is 4.55. The maximum absolute atomic E-state index is 12.1. The van der Waals surface area contributed by atoms with Crippen LogP contribution in [0.4, 0.5) is 18.0 Å². The van der Waals surface area contributed by atoms with Gasteiger partial charge in [-0.15, -0.1) is 0 Å². The Balaban J connectivity index is 1.96. The van der Waals surface area contributed by atoms with Crippen LogP contribution in [0.5, 0.6) is 0 Å². The lowest BCUT2D eigenvalue weighted by Crippen LogP contribution is -2.49. The minimum Gasteiger partial charge on any atom is -0.329 e. The fourth-order valence-corrected chi connectivity index (χ4v) is 3.16. The first kappa shape index (κ1) is 15.1. The van der Waals surface area contributed by atoms with Crippen LogP contribution in [0, 0.1) is 5.92 Å². The van der Waals surface area contributed by atoms with Gasteiger partial charge in [-0.25, -0.2) is 4.79 Å². The van der Waals surface area contributed by atoms with Gasteiger partial charge in [-0.3, -0.25) is 4.79 Å². The lowest BCUT2D eigenvalue weighted by molar-refractivity contribution is -0.127. The summed E-state index contributed by atoms with van der Waals surface area (Å²) in [6, 6.07) is -0.931. The minimum atomic E-state index is -4.41. The number of nitrogens with one attached hydrogen (secondary N) is 1. The van der Waals surface area contributed by atoms with Crippen LogP contribution in [0.25, 0.3) is 0 Å². The number of hydrogen-bond donors (Lipinski definition) is 1. The summed E-state index contributed by atoms with van der Waals surface area (Å²) in [4.78, 5) is 25.2. The zero-order valence-electron chi connectivity index (χ0n) is 11.2. The molecular weight excluding hydrogens is 273 g/mol. The molecule has 114 valence electrons. The summed E-state index contributed by atoms with van der Waals surface area (Å²) in [5.41, 5.74) is 0. The number of rotatable bonds is 2. The van der Waals surface area contributed by atoms with Gasteiger partial charge in [0.25, 0.3) is 0 Å². The van der Waals surface area contributed by atoms with Gasteiger partial charge in [-0.05, 0) is 25.7 Å². The summed E-state index contributed by atoms with van der Waals surface area (Å²) < 4.78 is 36.4. The van der Waals surface area contributed by atoms with Crippen LogP contribution in [-0.2, 0) is 4.79 Å². The van der Waals surface area contributed by atoms with E-state index in [1.54, 1.807) is 0 Å². The maximum atomic E-state index is 12.1. The number of ketones is 1. The van der Waals surface area contributed by atoms with Gasteiger partial charge in [0.2, 0.25) is 0 Å². The van der Waals surface area contributed by atoms with Crippen LogP contribution in [-0.4, -0.2) is 42.0 Å². The highest BCUT2D eigenvalue weighted by molar-refractivity contribution is 5.83. The third-order valence-electron chi connectivity index (χ3n) is 4.07. The minimum absolute atomic E-state index is 0.150. The molecular formula is C13H19F3N2O2. The first-order chi connectivity index (χ1) is 9.38. The lowest BCUT2D eigenvalue weighted by Gasteiger charge is -2.33. The summed E-state index contributed by atoms with van der Waals surface area (Å²) in [7, 11) is 0. The lowest BCUT2D eigenvalue weighted by atomic mass is 9.82. The quantitative estimate of drug-likeness (QED) is 0.850. The molecule has 1 saturated carbocycles. The number of carbonyl (C=O) groups excluding carboxylic acids is 2. The molecule has 2 fully saturated rings. The second-order valence-corrected chi connectivity index (χ2v) is 5.50. The van der Waals surface area contributed by atoms with Gasteiger partial charge in [0.05, 0.1) is 0 Å². The molecule has 2 aliphatic rings. The average molecular weight is 292 g/mol. The van der Waals surface area contributed by atoms with E-state index < -0.39 is 18.8 Å². The number of halogens is 3. The highest BCUT2D eigenvalue weighted by Crippen LogP contribution is 2.32. The van der Waals surface area contributed by atoms with Crippen molar-refractivity contribution in [2.75, 3.05) is 13.1 Å². The van der Waals surface area contributed by atoms with Crippen LogP contribution >= 0.6 is 0 Å². The van der Waals surface area contributed by atoms with Gasteiger partial charge in [0.1, 0.15) is 12.3 Å². The molecule has 2 amide bonds. The second-order valence-electron chi connectivity index (χ2n) is 5.50. The molecule has 20 heavy (non-hydrogen) atoms. The average Bonchev–Trinajstić information content (AvgIpc) is 2.84. The number of hydrogen-bond acceptors (Lipinski definition) is 2. The molecule has 2 unspecified atom stereocenters. The SMILES string of the molecule is O=C1CCCCC1C1CCCN1C(=O)NCC(F)(F)F. The third-order valence-corrected chi connectivity index (χ3v) is 4.07. The third kappa shape index (κ3) is 3.64. The van der Waals surface area contributed by atoms with Gasteiger partial charge in [0, 0.05) is 24.9 Å². The van der Waals surface area contributed by atoms with Crippen LogP contribution in [0.2, 0.25) is 0 Å². The van der Waals surface area contributed by atoms with Crippen LogP contribution < -0.4 is 5.32 Å². The first-order valence-corrected chi connectivity index (χ1v) is 7.02. The van der Waals surface area contributed by atoms with Crippen molar-refractivity contribution in [3.8, 4) is 0 Å². The molecule has 1 heterocycles. The highest BCUT2D eigenvalue weighted by atomic mass is 19.4. The molecule has 0 bridgehead atoms. The first-order valence-electron chi connectivity index (χ1n) is 7.02. The number of alkyl halides is 3. The van der Waals surface area contributed by atoms with Gasteiger partial charge in [-0.2, -0.15) is 13.2 Å². The van der Waals surface area contributed by atoms with Crippen LogP contribution in [0.3, 0.4) is 0 Å². The van der Waals surface area contributed by atoms with E-state index in [9.17, 15) is 22.8 Å². The standard InChI is InChI=1S/C13H19F3N2O2/c14-13(15,16)8-17-12(20)18-7-3-5-10(18)9-4-1-2-6-11(9)19/h9-10H,1-8H2,(H,17,20). The Hall–Kier alpha value is -1.27. The fraction of sp³-hybridized carbons (Fsp3) is 0.846. The molecule has 1 saturated heterocycles. The number of urea groups is 1. The molecule has 4 nitrogen and oxygen atoms in total. The Morgan fingerprint density at radius 3 is 2.65 bits per heavy atom. The van der Waals surface area contributed by atoms with Crippen molar-refractivity contribution in [2.45, 2.75) is 50.7 Å². The molecule has 1 aliphatic carbocycles. The van der Waals surface area contributed by atoms with E-state index in [2.05, 4.69) is 0 Å². The molecule has 0 aromatic heterocycles. The summed E-state index contributed by atoms with van der Waals surface area (Å²) >= 11 is 0. The van der Waals surface area contributed by atoms with Crippen molar-refractivity contribution in [2.24, 2.45) is 5.92 Å². The molecule has 0 spiro atoms. The van der Waals surface area contributed by atoms with Gasteiger partial charge in [0.15, 0.2) is 0 Å². The molecule has 7 heteroatoms. The van der Waals surface area contributed by atoms with E-state index in [-0.39, 0.29) is 17.7 Å². The molecule has 2 atom stereocenters. The largest absolute Gasteiger partial charge is 0.405 e. The number of amides is 2. The monoisotopic (exact) mass is 292 g/mol. The van der Waals surface area contributed by atoms with Crippen molar-refractivity contribution in [1.29, 1.82) is 0 Å². The number of Topliss-reactive ketones (excluding diaryl/α,β-unsaturated/α-hetero) is 1. The van der Waals surface area contributed by atoms with Crippen LogP contribution in [0.15, 0.2) is 0 Å². The van der Waals surface area contributed by atoms with Crippen molar-refractivity contribution >= 4 is 11.8 Å². The van der Waals surface area contributed by atoms with Crippen molar-refractivity contribution in [3.05, 3.63) is 0 Å². The Bertz CT molecular complexity index is 384. The van der Waals surface area contributed by atoms with Gasteiger partial charge >= 0.3 is 12.2 Å². The van der Waals surface area contributed by atoms with E-state index in [0.29, 0.717) is 19.4 Å². The van der Waals surface area contributed by atoms with Gasteiger partial charge < -0.3 is 10.2 Å². The molecule has 2 rings (SSSR count). The number of nitrogens with zero attached hydrogens (tertiary/aromatic N) is 1. The van der Waals surface area contributed by atoms with E-state index in [1.807, 2.05) is 5.32 Å². The van der Waals surface area contributed by atoms with Gasteiger partial charge in [-0.1, -0.05) is 6.42 Å². The summed E-state index contributed by atoms with van der Waals surface area (Å²) in [5, 5.41) is 1.90. The Morgan fingerprint density at radius 2 is 2.00 bits per heavy atom. The summed E-state index contributed by atoms with van der Waals surface area (Å²) in [6.45, 7) is -0.897. The molecule has 0 aromatic carbocycles. The second kappa shape index (κ2) is 6.01. The zero-order chi connectivity index (χ0) is 14.8. The highest BCUT2D eigenvalue weighted by Gasteiger charge is 2.39. The van der Waals surface area contributed by atoms with Crippen molar-refractivity contribution in [1.82, 2.24) is 10.2 Å². The topological polar surface area (TPSA) is 49.4 Å². The Morgan fingerprint density at radius 1 is 1.25 bits per heavy atom. The normalized spacial score (nSPS) is 27.8. The summed E-state index contributed by atoms with van der Waals surface area (Å²) in [5.74, 6) is -0.0420. The van der Waals surface area contributed by atoms with Crippen LogP contribution in [0.1, 0.15) is 38.5 Å². The zero-order valence-corrected chi connectivity index (χ0v) is 11.2. The fourth-order valence-electron chi connectivity index (χ4n) is 3.16. The molecule has 1 aliphatic heterocycles. The molecule has 0 aromatic rings. The Labute approximate surface area is 115 Å². The number of carbonyl (C=O) groups is 2. The predicted molar refractivity (Wildman–Crippen MR) is 66.1 cm³/mol. The maximum Gasteiger partial charge on any atom is 0.405 e. The van der Waals surface area contributed by atoms with Crippen molar-refractivity contribution in [3.63, 3.8) is 0 Å². The number of likely N-dealkylation sites (tertiary alicyclic amines) is 1. The predicted octanol–water partition coefficient (Wildman–Crippen LogP) is 2.48. The van der Waals surface area contributed by atoms with E-state index in [0.717, 1.165) is 25.7 Å².